The highest BCUT2D eigenvalue weighted by molar-refractivity contribution is 6.32. The van der Waals surface area contributed by atoms with Crippen molar-refractivity contribution in [3.05, 3.63) is 82.4 Å². The first kappa shape index (κ1) is 22.7. The van der Waals surface area contributed by atoms with E-state index in [1.54, 1.807) is 6.07 Å². The van der Waals surface area contributed by atoms with Crippen LogP contribution in [0.4, 0.5) is 23.2 Å². The van der Waals surface area contributed by atoms with E-state index in [9.17, 15) is 17.6 Å². The summed E-state index contributed by atoms with van der Waals surface area (Å²) in [6.45, 7) is 4.75. The molecule has 0 bridgehead atoms. The number of H-pyrrole nitrogens is 1. The number of nitrogens with one attached hydrogen (secondary N) is 1. The van der Waals surface area contributed by atoms with Crippen LogP contribution >= 0.6 is 11.6 Å². The highest BCUT2D eigenvalue weighted by Crippen LogP contribution is 2.45. The first-order valence-electron chi connectivity index (χ1n) is 11.0. The fourth-order valence-electron chi connectivity index (χ4n) is 4.86. The summed E-state index contributed by atoms with van der Waals surface area (Å²) in [6.07, 6.45) is -2.93. The van der Waals surface area contributed by atoms with Crippen molar-refractivity contribution in [1.82, 2.24) is 9.97 Å². The van der Waals surface area contributed by atoms with Crippen molar-refractivity contribution in [2.75, 3.05) is 11.4 Å². The van der Waals surface area contributed by atoms with Gasteiger partial charge in [0.15, 0.2) is 0 Å². The van der Waals surface area contributed by atoms with Gasteiger partial charge in [0.1, 0.15) is 11.6 Å². The number of halogens is 5. The predicted molar refractivity (Wildman–Crippen MR) is 127 cm³/mol. The summed E-state index contributed by atoms with van der Waals surface area (Å²) in [5, 5.41) is -0.376. The van der Waals surface area contributed by atoms with Crippen LogP contribution in [0.2, 0.25) is 5.02 Å². The summed E-state index contributed by atoms with van der Waals surface area (Å²) < 4.78 is 54.1. The summed E-state index contributed by atoms with van der Waals surface area (Å²) in [5.41, 5.74) is 2.81. The van der Waals surface area contributed by atoms with Crippen LogP contribution in [-0.2, 0) is 11.7 Å². The quantitative estimate of drug-likeness (QED) is 0.298. The number of anilines is 1. The Bertz CT molecular complexity index is 1390. The Morgan fingerprint density at radius 1 is 1.09 bits per heavy atom. The largest absolute Gasteiger partial charge is 0.417 e. The van der Waals surface area contributed by atoms with Gasteiger partial charge in [0.2, 0.25) is 0 Å². The summed E-state index contributed by atoms with van der Waals surface area (Å²) >= 11 is 5.92. The zero-order chi connectivity index (χ0) is 24.3. The standard InChI is InChI=1S/C26H22ClF4N3/c1-15-7-8-18(16-5-3-6-17(28)12-16)23(11-15)34-10-4-9-25(34,2)24-32-21-13-19(26(29,30)31)20(27)14-22(21)33-24/h3,5-8,11-14H,4,9-10H2,1-2H3,(H,32,33)/t25-/m0/s1. The monoisotopic (exact) mass is 487 g/mol. The maximum atomic E-state index is 14.0. The molecule has 5 rings (SSSR count). The molecule has 1 aliphatic rings. The van der Waals surface area contributed by atoms with E-state index in [1.165, 1.54) is 18.2 Å². The molecule has 176 valence electrons. The lowest BCUT2D eigenvalue weighted by atomic mass is 9.94. The number of fused-ring (bicyclic) bond motifs is 1. The van der Waals surface area contributed by atoms with Gasteiger partial charge in [0.25, 0.3) is 0 Å². The lowest BCUT2D eigenvalue weighted by Gasteiger charge is -2.37. The molecule has 0 amide bonds. The van der Waals surface area contributed by atoms with E-state index >= 15 is 0 Å². The van der Waals surface area contributed by atoms with E-state index in [-0.39, 0.29) is 16.4 Å². The average molecular weight is 488 g/mol. The third-order valence-electron chi connectivity index (χ3n) is 6.61. The molecule has 1 N–H and O–H groups in total. The van der Waals surface area contributed by atoms with Crippen LogP contribution in [0.25, 0.3) is 22.2 Å². The van der Waals surface area contributed by atoms with Gasteiger partial charge in [0.05, 0.1) is 27.2 Å². The number of benzene rings is 3. The molecule has 0 unspecified atom stereocenters. The minimum atomic E-state index is -4.55. The van der Waals surface area contributed by atoms with Crippen molar-refractivity contribution >= 4 is 28.3 Å². The maximum Gasteiger partial charge on any atom is 0.417 e. The molecule has 3 aromatic carbocycles. The van der Waals surface area contributed by atoms with E-state index in [2.05, 4.69) is 20.9 Å². The second-order valence-electron chi connectivity index (χ2n) is 8.99. The first-order chi connectivity index (χ1) is 16.1. The zero-order valence-corrected chi connectivity index (χ0v) is 19.4. The molecule has 1 aliphatic heterocycles. The van der Waals surface area contributed by atoms with Crippen LogP contribution in [0.15, 0.2) is 54.6 Å². The number of hydrogen-bond acceptors (Lipinski definition) is 2. The maximum absolute atomic E-state index is 14.0. The number of aromatic nitrogens is 2. The summed E-state index contributed by atoms with van der Waals surface area (Å²) in [6, 6.07) is 14.8. The highest BCUT2D eigenvalue weighted by Gasteiger charge is 2.42. The van der Waals surface area contributed by atoms with E-state index in [4.69, 9.17) is 11.6 Å². The zero-order valence-electron chi connectivity index (χ0n) is 18.6. The van der Waals surface area contributed by atoms with E-state index in [0.717, 1.165) is 47.8 Å². The van der Waals surface area contributed by atoms with Crippen LogP contribution in [0.1, 0.15) is 36.7 Å². The van der Waals surface area contributed by atoms with Crippen molar-refractivity contribution in [2.45, 2.75) is 38.4 Å². The number of nitrogens with zero attached hydrogens (tertiary/aromatic N) is 2. The molecule has 2 heterocycles. The first-order valence-corrected chi connectivity index (χ1v) is 11.4. The minimum Gasteiger partial charge on any atom is -0.358 e. The lowest BCUT2D eigenvalue weighted by Crippen LogP contribution is -2.40. The Labute approximate surface area is 199 Å². The molecule has 34 heavy (non-hydrogen) atoms. The van der Waals surface area contributed by atoms with E-state index in [1.807, 2.05) is 32.0 Å². The lowest BCUT2D eigenvalue weighted by molar-refractivity contribution is -0.137. The number of aromatic amines is 1. The number of aryl methyl sites for hydroxylation is 1. The molecule has 0 radical (unpaired) electrons. The van der Waals surface area contributed by atoms with Crippen molar-refractivity contribution in [3.8, 4) is 11.1 Å². The van der Waals surface area contributed by atoms with Gasteiger partial charge in [-0.05, 0) is 68.1 Å². The van der Waals surface area contributed by atoms with Gasteiger partial charge in [-0.15, -0.1) is 0 Å². The van der Waals surface area contributed by atoms with E-state index < -0.39 is 17.3 Å². The third kappa shape index (κ3) is 3.82. The highest BCUT2D eigenvalue weighted by atomic mass is 35.5. The van der Waals surface area contributed by atoms with E-state index in [0.29, 0.717) is 11.3 Å². The smallest absolute Gasteiger partial charge is 0.358 e. The van der Waals surface area contributed by atoms with Gasteiger partial charge in [-0.1, -0.05) is 35.9 Å². The van der Waals surface area contributed by atoms with Crippen LogP contribution in [-0.4, -0.2) is 16.5 Å². The topological polar surface area (TPSA) is 31.9 Å². The number of alkyl halides is 3. The molecule has 1 fully saturated rings. The Morgan fingerprint density at radius 2 is 1.88 bits per heavy atom. The Morgan fingerprint density at radius 3 is 2.62 bits per heavy atom. The molecular formula is C26H22ClF4N3. The summed E-state index contributed by atoms with van der Waals surface area (Å²) in [5.74, 6) is 0.255. The number of rotatable bonds is 3. The SMILES string of the molecule is Cc1ccc(-c2cccc(F)c2)c(N2CCC[C@@]2(C)c2nc3cc(Cl)c(C(F)(F)F)cc3[nH]2)c1. The average Bonchev–Trinajstić information content (AvgIpc) is 3.36. The second kappa shape index (κ2) is 8.01. The molecule has 3 nitrogen and oxygen atoms in total. The predicted octanol–water partition coefficient (Wildman–Crippen LogP) is 7.87. The second-order valence-corrected chi connectivity index (χ2v) is 9.40. The van der Waals surface area contributed by atoms with Gasteiger partial charge in [-0.2, -0.15) is 13.2 Å². The van der Waals surface area contributed by atoms with Gasteiger partial charge >= 0.3 is 6.18 Å². The Balaban J connectivity index is 1.63. The van der Waals surface area contributed by atoms with Gasteiger partial charge < -0.3 is 9.88 Å². The summed E-state index contributed by atoms with van der Waals surface area (Å²) in [4.78, 5) is 10.00. The van der Waals surface area contributed by atoms with Gasteiger partial charge in [0, 0.05) is 17.8 Å². The number of imidazole rings is 1. The summed E-state index contributed by atoms with van der Waals surface area (Å²) in [7, 11) is 0. The minimum absolute atomic E-state index is 0.286. The van der Waals surface area contributed by atoms with Gasteiger partial charge in [-0.25, -0.2) is 9.37 Å². The molecule has 4 aromatic rings. The molecule has 0 saturated carbocycles. The van der Waals surface area contributed by atoms with Crippen LogP contribution in [0, 0.1) is 12.7 Å². The van der Waals surface area contributed by atoms with Crippen molar-refractivity contribution < 1.29 is 17.6 Å². The van der Waals surface area contributed by atoms with Crippen LogP contribution < -0.4 is 4.90 Å². The molecule has 8 heteroatoms. The molecule has 1 saturated heterocycles. The molecule has 1 aromatic heterocycles. The van der Waals surface area contributed by atoms with Crippen molar-refractivity contribution in [1.29, 1.82) is 0 Å². The molecule has 1 atom stereocenters. The van der Waals surface area contributed by atoms with Crippen molar-refractivity contribution in [3.63, 3.8) is 0 Å². The van der Waals surface area contributed by atoms with Crippen molar-refractivity contribution in [2.24, 2.45) is 0 Å². The van der Waals surface area contributed by atoms with Gasteiger partial charge in [-0.3, -0.25) is 0 Å². The fraction of sp³-hybridized carbons (Fsp3) is 0.269. The normalized spacial score (nSPS) is 18.7. The van der Waals surface area contributed by atoms with Crippen LogP contribution in [0.5, 0.6) is 0 Å². The third-order valence-corrected chi connectivity index (χ3v) is 6.92. The number of hydrogen-bond donors (Lipinski definition) is 1. The Kier molecular flexibility index (Phi) is 5.35. The molecular weight excluding hydrogens is 466 g/mol. The molecule has 0 aliphatic carbocycles. The fourth-order valence-corrected chi connectivity index (χ4v) is 5.13. The van der Waals surface area contributed by atoms with Crippen LogP contribution in [0.3, 0.4) is 0 Å². The Hall–Kier alpha value is -3.06. The molecule has 0 spiro atoms.